The molecule has 0 aromatic heterocycles. The molecule has 1 aromatic carbocycles. The van der Waals surface area contributed by atoms with Gasteiger partial charge >= 0.3 is 0 Å². The second kappa shape index (κ2) is 3.78. The van der Waals surface area contributed by atoms with E-state index in [1.807, 2.05) is 0 Å². The summed E-state index contributed by atoms with van der Waals surface area (Å²) >= 11 is 0. The zero-order valence-electron chi connectivity index (χ0n) is 8.10. The van der Waals surface area contributed by atoms with Crippen LogP contribution in [0.15, 0.2) is 18.2 Å². The number of hydrogen-bond donors (Lipinski definition) is 2. The highest BCUT2D eigenvalue weighted by Gasteiger charge is 2.20. The molecule has 0 atom stereocenters. The Morgan fingerprint density at radius 2 is 2.20 bits per heavy atom. The van der Waals surface area contributed by atoms with E-state index in [2.05, 4.69) is 0 Å². The van der Waals surface area contributed by atoms with Crippen LogP contribution in [-0.2, 0) is 4.74 Å². The molecule has 0 bridgehead atoms. The molecule has 1 amide bonds. The third-order valence-electron chi connectivity index (χ3n) is 2.20. The lowest BCUT2D eigenvalue weighted by Gasteiger charge is -2.26. The molecule has 0 aliphatic carbocycles. The van der Waals surface area contributed by atoms with Gasteiger partial charge < -0.3 is 20.9 Å². The van der Waals surface area contributed by atoms with Gasteiger partial charge in [-0.15, -0.1) is 0 Å². The molecule has 1 saturated heterocycles. The lowest BCUT2D eigenvalue weighted by molar-refractivity contribution is -0.0796. The van der Waals surface area contributed by atoms with Crippen LogP contribution in [0, 0.1) is 0 Å². The first-order valence-electron chi connectivity index (χ1n) is 4.60. The van der Waals surface area contributed by atoms with Crippen molar-refractivity contribution in [2.75, 3.05) is 18.9 Å². The number of hydrogen-bond acceptors (Lipinski definition) is 4. The number of carbonyl (C=O) groups is 1. The van der Waals surface area contributed by atoms with Crippen molar-refractivity contribution in [2.24, 2.45) is 5.73 Å². The maximum Gasteiger partial charge on any atom is 0.250 e. The largest absolute Gasteiger partial charge is 0.486 e. The number of rotatable bonds is 3. The Bertz CT molecular complexity index is 388. The molecule has 1 aromatic rings. The molecule has 5 heteroatoms. The summed E-state index contributed by atoms with van der Waals surface area (Å²) in [6, 6.07) is 4.87. The SMILES string of the molecule is NC(=O)c1cc(OC2COC2)ccc1N. The number of nitrogen functional groups attached to an aromatic ring is 1. The van der Waals surface area contributed by atoms with E-state index >= 15 is 0 Å². The van der Waals surface area contributed by atoms with Crippen LogP contribution in [0.4, 0.5) is 5.69 Å². The number of benzene rings is 1. The van der Waals surface area contributed by atoms with Gasteiger partial charge in [0, 0.05) is 5.69 Å². The summed E-state index contributed by atoms with van der Waals surface area (Å²) in [5, 5.41) is 0. The summed E-state index contributed by atoms with van der Waals surface area (Å²) in [6.07, 6.45) is 0.0642. The Morgan fingerprint density at radius 3 is 2.73 bits per heavy atom. The van der Waals surface area contributed by atoms with Gasteiger partial charge in [-0.25, -0.2) is 0 Å². The van der Waals surface area contributed by atoms with Gasteiger partial charge in [0.05, 0.1) is 18.8 Å². The zero-order valence-corrected chi connectivity index (χ0v) is 8.10. The monoisotopic (exact) mass is 208 g/mol. The number of anilines is 1. The molecule has 0 radical (unpaired) electrons. The van der Waals surface area contributed by atoms with E-state index < -0.39 is 5.91 Å². The van der Waals surface area contributed by atoms with Gasteiger partial charge in [-0.05, 0) is 18.2 Å². The van der Waals surface area contributed by atoms with Crippen LogP contribution in [0.2, 0.25) is 0 Å². The van der Waals surface area contributed by atoms with E-state index in [0.29, 0.717) is 24.7 Å². The molecule has 1 fully saturated rings. The molecule has 1 aliphatic heterocycles. The van der Waals surface area contributed by atoms with Crippen LogP contribution in [0.25, 0.3) is 0 Å². The summed E-state index contributed by atoms with van der Waals surface area (Å²) in [5.74, 6) is 0.0362. The fraction of sp³-hybridized carbons (Fsp3) is 0.300. The topological polar surface area (TPSA) is 87.6 Å². The summed E-state index contributed by atoms with van der Waals surface area (Å²) in [4.78, 5) is 11.0. The van der Waals surface area contributed by atoms with Crippen molar-refractivity contribution in [1.82, 2.24) is 0 Å². The van der Waals surface area contributed by atoms with Crippen LogP contribution in [0.3, 0.4) is 0 Å². The Kier molecular flexibility index (Phi) is 2.47. The number of primary amides is 1. The molecule has 0 unspecified atom stereocenters. The molecule has 1 aliphatic rings. The predicted octanol–water partition coefficient (Wildman–Crippen LogP) is 0.145. The Labute approximate surface area is 87.0 Å². The van der Waals surface area contributed by atoms with Gasteiger partial charge in [0.1, 0.15) is 11.9 Å². The number of nitrogens with two attached hydrogens (primary N) is 2. The van der Waals surface area contributed by atoms with E-state index in [1.165, 1.54) is 0 Å². The first-order valence-corrected chi connectivity index (χ1v) is 4.60. The summed E-state index contributed by atoms with van der Waals surface area (Å²) < 4.78 is 10.5. The maximum absolute atomic E-state index is 11.0. The highest BCUT2D eigenvalue weighted by atomic mass is 16.6. The average Bonchev–Trinajstić information content (AvgIpc) is 2.13. The summed E-state index contributed by atoms with van der Waals surface area (Å²) in [5.41, 5.74) is 11.4. The van der Waals surface area contributed by atoms with Crippen molar-refractivity contribution in [3.05, 3.63) is 23.8 Å². The van der Waals surface area contributed by atoms with Crippen molar-refractivity contribution in [1.29, 1.82) is 0 Å². The van der Waals surface area contributed by atoms with E-state index in [4.69, 9.17) is 20.9 Å². The van der Waals surface area contributed by atoms with Gasteiger partial charge in [0.2, 0.25) is 0 Å². The molecular formula is C10H12N2O3. The molecule has 2 rings (SSSR count). The molecular weight excluding hydrogens is 196 g/mol. The first-order chi connectivity index (χ1) is 7.16. The Morgan fingerprint density at radius 1 is 1.47 bits per heavy atom. The normalized spacial score (nSPS) is 15.7. The molecule has 5 nitrogen and oxygen atoms in total. The molecule has 1 heterocycles. The predicted molar refractivity (Wildman–Crippen MR) is 54.6 cm³/mol. The van der Waals surface area contributed by atoms with Crippen molar-refractivity contribution in [3.8, 4) is 5.75 Å². The number of amides is 1. The quantitative estimate of drug-likeness (QED) is 0.692. The smallest absolute Gasteiger partial charge is 0.250 e. The summed E-state index contributed by atoms with van der Waals surface area (Å²) in [6.45, 7) is 1.16. The van der Waals surface area contributed by atoms with Crippen molar-refractivity contribution in [3.63, 3.8) is 0 Å². The second-order valence-corrected chi connectivity index (χ2v) is 3.39. The van der Waals surface area contributed by atoms with Gasteiger partial charge in [0.15, 0.2) is 0 Å². The minimum Gasteiger partial charge on any atom is -0.486 e. The molecule has 0 saturated carbocycles. The highest BCUT2D eigenvalue weighted by molar-refractivity contribution is 5.98. The fourth-order valence-electron chi connectivity index (χ4n) is 1.30. The standard InChI is InChI=1S/C10H12N2O3/c11-9-2-1-6(3-8(9)10(12)13)15-7-4-14-5-7/h1-3,7H,4-5,11H2,(H2,12,13). The molecule has 80 valence electrons. The van der Waals surface area contributed by atoms with Crippen LogP contribution in [0.5, 0.6) is 5.75 Å². The van der Waals surface area contributed by atoms with E-state index in [-0.39, 0.29) is 11.7 Å². The van der Waals surface area contributed by atoms with Crippen LogP contribution in [-0.4, -0.2) is 25.2 Å². The minimum absolute atomic E-state index is 0.0642. The van der Waals surface area contributed by atoms with Crippen LogP contribution in [0.1, 0.15) is 10.4 Å². The van der Waals surface area contributed by atoms with E-state index in [1.54, 1.807) is 18.2 Å². The molecule has 4 N–H and O–H groups in total. The van der Waals surface area contributed by atoms with Crippen molar-refractivity contribution < 1.29 is 14.3 Å². The first kappa shape index (κ1) is 9.79. The fourth-order valence-corrected chi connectivity index (χ4v) is 1.30. The lowest BCUT2D eigenvalue weighted by Crippen LogP contribution is -2.38. The third-order valence-corrected chi connectivity index (χ3v) is 2.20. The Balaban J connectivity index is 2.17. The van der Waals surface area contributed by atoms with Gasteiger partial charge in [-0.3, -0.25) is 4.79 Å². The van der Waals surface area contributed by atoms with E-state index in [0.717, 1.165) is 0 Å². The van der Waals surface area contributed by atoms with Crippen LogP contribution >= 0.6 is 0 Å². The number of carbonyl (C=O) groups excluding carboxylic acids is 1. The van der Waals surface area contributed by atoms with Crippen LogP contribution < -0.4 is 16.2 Å². The van der Waals surface area contributed by atoms with Gasteiger partial charge in [-0.2, -0.15) is 0 Å². The number of ether oxygens (including phenoxy) is 2. The van der Waals surface area contributed by atoms with Gasteiger partial charge in [0.25, 0.3) is 5.91 Å². The van der Waals surface area contributed by atoms with Crippen molar-refractivity contribution in [2.45, 2.75) is 6.10 Å². The van der Waals surface area contributed by atoms with E-state index in [9.17, 15) is 4.79 Å². The molecule has 15 heavy (non-hydrogen) atoms. The zero-order chi connectivity index (χ0) is 10.8. The molecule has 0 spiro atoms. The van der Waals surface area contributed by atoms with Gasteiger partial charge in [-0.1, -0.05) is 0 Å². The highest BCUT2D eigenvalue weighted by Crippen LogP contribution is 2.21. The summed E-state index contributed by atoms with van der Waals surface area (Å²) in [7, 11) is 0. The second-order valence-electron chi connectivity index (χ2n) is 3.39. The average molecular weight is 208 g/mol. The minimum atomic E-state index is -0.553. The lowest BCUT2D eigenvalue weighted by atomic mass is 10.1. The Hall–Kier alpha value is -1.75. The third kappa shape index (κ3) is 2.02. The maximum atomic E-state index is 11.0. The van der Waals surface area contributed by atoms with Crippen molar-refractivity contribution >= 4 is 11.6 Å².